The van der Waals surface area contributed by atoms with Crippen molar-refractivity contribution in [3.63, 3.8) is 0 Å². The van der Waals surface area contributed by atoms with Crippen LogP contribution in [0, 0.1) is 6.92 Å². The molecule has 1 fully saturated rings. The number of hydrogen-bond acceptors (Lipinski definition) is 4. The first-order valence-corrected chi connectivity index (χ1v) is 8.03. The van der Waals surface area contributed by atoms with E-state index in [2.05, 4.69) is 4.98 Å². The van der Waals surface area contributed by atoms with E-state index in [0.29, 0.717) is 12.2 Å². The number of nitrogens with zero attached hydrogens (tertiary/aromatic N) is 3. The molecule has 130 valence electrons. The number of fused-ring (bicyclic) bond motifs is 1. The number of hydrogen-bond donors (Lipinski definition) is 1. The molecule has 0 aliphatic carbocycles. The predicted molar refractivity (Wildman–Crippen MR) is 95.8 cm³/mol. The number of carbonyl (C=O) groups is 1. The van der Waals surface area contributed by atoms with Crippen LogP contribution in [-0.4, -0.2) is 38.8 Å². The summed E-state index contributed by atoms with van der Waals surface area (Å²) in [4.78, 5) is 31.5. The van der Waals surface area contributed by atoms with E-state index < -0.39 is 0 Å². The molecule has 1 amide bonds. The highest BCUT2D eigenvalue weighted by Gasteiger charge is 2.31. The number of likely N-dealkylation sites (tertiary alicyclic amines) is 1. The highest BCUT2D eigenvalue weighted by Crippen LogP contribution is 2.20. The third-order valence-corrected chi connectivity index (χ3v) is 4.51. The summed E-state index contributed by atoms with van der Waals surface area (Å²) in [5.74, 6) is -0.264. The average molecular weight is 351 g/mol. The first kappa shape index (κ1) is 18.4. The van der Waals surface area contributed by atoms with Gasteiger partial charge in [0.05, 0.1) is 0 Å². The number of pyridine rings is 1. The van der Waals surface area contributed by atoms with Gasteiger partial charge in [0.1, 0.15) is 11.2 Å². The lowest BCUT2D eigenvalue weighted by Gasteiger charge is -2.37. The summed E-state index contributed by atoms with van der Waals surface area (Å²) in [6.07, 6.45) is 5.94. The topological polar surface area (TPSA) is 80.7 Å². The number of nitrogens with two attached hydrogens (primary N) is 1. The van der Waals surface area contributed by atoms with Crippen molar-refractivity contribution in [3.05, 3.63) is 46.0 Å². The van der Waals surface area contributed by atoms with Crippen LogP contribution in [0.15, 0.2) is 29.3 Å². The van der Waals surface area contributed by atoms with Gasteiger partial charge in [0, 0.05) is 31.0 Å². The second-order valence-electron chi connectivity index (χ2n) is 6.33. The van der Waals surface area contributed by atoms with E-state index in [-0.39, 0.29) is 41.5 Å². The first-order chi connectivity index (χ1) is 11.0. The molecule has 0 bridgehead atoms. The van der Waals surface area contributed by atoms with Crippen LogP contribution < -0.4 is 11.3 Å². The smallest absolute Gasteiger partial charge is 0.270 e. The fourth-order valence-corrected chi connectivity index (χ4v) is 3.23. The van der Waals surface area contributed by atoms with Gasteiger partial charge in [0.15, 0.2) is 0 Å². The van der Waals surface area contributed by atoms with Crippen LogP contribution in [-0.2, 0) is 0 Å². The van der Waals surface area contributed by atoms with Crippen molar-refractivity contribution in [2.75, 3.05) is 6.54 Å². The Hall–Kier alpha value is -1.92. The van der Waals surface area contributed by atoms with Crippen molar-refractivity contribution in [2.45, 2.75) is 45.2 Å². The van der Waals surface area contributed by atoms with Gasteiger partial charge in [-0.2, -0.15) is 0 Å². The molecular weight excluding hydrogens is 328 g/mol. The zero-order chi connectivity index (χ0) is 16.6. The van der Waals surface area contributed by atoms with E-state index in [1.165, 1.54) is 10.6 Å². The number of rotatable bonds is 2. The number of carbonyl (C=O) groups excluding carboxylic acids is 1. The zero-order valence-corrected chi connectivity index (χ0v) is 14.8. The Morgan fingerprint density at radius 2 is 2.17 bits per heavy atom. The van der Waals surface area contributed by atoms with Gasteiger partial charge in [0.2, 0.25) is 0 Å². The van der Waals surface area contributed by atoms with E-state index in [9.17, 15) is 9.59 Å². The standard InChI is InChI=1S/C17H22N4O2.ClH/c1-11-6-8-21-15(9-11)19-10-13(17(21)23)16(22)20-7-4-3-5-14(20)12(2)18;/h6,8-10,12,14H,3-5,7,18H2,1-2H3;1H. The zero-order valence-electron chi connectivity index (χ0n) is 13.9. The molecule has 2 aromatic heterocycles. The van der Waals surface area contributed by atoms with Crippen molar-refractivity contribution < 1.29 is 4.79 Å². The molecule has 24 heavy (non-hydrogen) atoms. The lowest BCUT2D eigenvalue weighted by atomic mass is 9.96. The SMILES string of the molecule is Cc1ccn2c(=O)c(C(=O)N3CCCCC3C(C)N)cnc2c1.Cl. The maximum atomic E-state index is 12.9. The minimum Gasteiger partial charge on any atom is -0.334 e. The van der Waals surface area contributed by atoms with E-state index >= 15 is 0 Å². The molecule has 6 nitrogen and oxygen atoms in total. The highest BCUT2D eigenvalue weighted by atomic mass is 35.5. The van der Waals surface area contributed by atoms with Gasteiger partial charge in [-0.3, -0.25) is 14.0 Å². The van der Waals surface area contributed by atoms with Gasteiger partial charge in [-0.15, -0.1) is 12.4 Å². The van der Waals surface area contributed by atoms with Crippen LogP contribution in [0.4, 0.5) is 0 Å². The monoisotopic (exact) mass is 350 g/mol. The van der Waals surface area contributed by atoms with Gasteiger partial charge >= 0.3 is 0 Å². The Labute approximate surface area is 147 Å². The maximum Gasteiger partial charge on any atom is 0.270 e. The van der Waals surface area contributed by atoms with Crippen molar-refractivity contribution in [3.8, 4) is 0 Å². The first-order valence-electron chi connectivity index (χ1n) is 8.03. The molecule has 1 saturated heterocycles. The molecule has 1 aliphatic heterocycles. The molecular formula is C17H23ClN4O2. The molecule has 7 heteroatoms. The maximum absolute atomic E-state index is 12.9. The van der Waals surface area contributed by atoms with Crippen LogP contribution in [0.5, 0.6) is 0 Å². The molecule has 0 radical (unpaired) electrons. The predicted octanol–water partition coefficient (Wildman–Crippen LogP) is 1.77. The molecule has 2 aromatic rings. The largest absolute Gasteiger partial charge is 0.334 e. The van der Waals surface area contributed by atoms with Crippen molar-refractivity contribution in [1.29, 1.82) is 0 Å². The van der Waals surface area contributed by atoms with Gasteiger partial charge < -0.3 is 10.6 Å². The van der Waals surface area contributed by atoms with Gasteiger partial charge in [-0.1, -0.05) is 0 Å². The molecule has 0 spiro atoms. The molecule has 2 atom stereocenters. The van der Waals surface area contributed by atoms with Crippen LogP contribution in [0.3, 0.4) is 0 Å². The lowest BCUT2D eigenvalue weighted by Crippen LogP contribution is -2.52. The van der Waals surface area contributed by atoms with Gasteiger partial charge in [-0.25, -0.2) is 4.98 Å². The summed E-state index contributed by atoms with van der Waals surface area (Å²) < 4.78 is 1.42. The van der Waals surface area contributed by atoms with Crippen LogP contribution in [0.25, 0.3) is 5.65 Å². The third kappa shape index (κ3) is 3.30. The molecule has 2 N–H and O–H groups in total. The third-order valence-electron chi connectivity index (χ3n) is 4.51. The summed E-state index contributed by atoms with van der Waals surface area (Å²) in [5, 5.41) is 0. The Balaban J connectivity index is 0.00000208. The van der Waals surface area contributed by atoms with Crippen molar-refractivity contribution in [1.82, 2.24) is 14.3 Å². The van der Waals surface area contributed by atoms with Gasteiger partial charge in [0.25, 0.3) is 11.5 Å². The van der Waals surface area contributed by atoms with Gasteiger partial charge in [-0.05, 0) is 50.8 Å². The Kier molecular flexibility index (Phi) is 5.62. The molecule has 3 heterocycles. The van der Waals surface area contributed by atoms with E-state index in [0.717, 1.165) is 24.8 Å². The van der Waals surface area contributed by atoms with E-state index in [1.54, 1.807) is 11.1 Å². The second-order valence-corrected chi connectivity index (χ2v) is 6.33. The molecule has 1 aliphatic rings. The fraction of sp³-hybridized carbons (Fsp3) is 0.471. The quantitative estimate of drug-likeness (QED) is 0.895. The van der Waals surface area contributed by atoms with E-state index in [1.807, 2.05) is 26.0 Å². The molecule has 3 rings (SSSR count). The number of aryl methyl sites for hydroxylation is 1. The van der Waals surface area contributed by atoms with Crippen molar-refractivity contribution in [2.24, 2.45) is 5.73 Å². The molecule has 2 unspecified atom stereocenters. The number of halogens is 1. The number of piperidine rings is 1. The fourth-order valence-electron chi connectivity index (χ4n) is 3.23. The van der Waals surface area contributed by atoms with E-state index in [4.69, 9.17) is 5.73 Å². The van der Waals surface area contributed by atoms with Crippen molar-refractivity contribution >= 4 is 24.0 Å². The van der Waals surface area contributed by atoms with Crippen LogP contribution >= 0.6 is 12.4 Å². The lowest BCUT2D eigenvalue weighted by molar-refractivity contribution is 0.0581. The normalized spacial score (nSPS) is 19.0. The summed E-state index contributed by atoms with van der Waals surface area (Å²) in [6.45, 7) is 4.48. The Bertz CT molecular complexity index is 803. The number of amides is 1. The summed E-state index contributed by atoms with van der Waals surface area (Å²) in [7, 11) is 0. The summed E-state index contributed by atoms with van der Waals surface area (Å²) in [5.41, 5.74) is 7.38. The summed E-state index contributed by atoms with van der Waals surface area (Å²) >= 11 is 0. The van der Waals surface area contributed by atoms with Crippen LogP contribution in [0.1, 0.15) is 42.1 Å². The minimum atomic E-state index is -0.325. The Morgan fingerprint density at radius 3 is 2.88 bits per heavy atom. The minimum absolute atomic E-state index is 0. The average Bonchev–Trinajstić information content (AvgIpc) is 2.54. The second kappa shape index (κ2) is 7.32. The number of aromatic nitrogens is 2. The molecule has 0 saturated carbocycles. The highest BCUT2D eigenvalue weighted by molar-refractivity contribution is 5.94. The van der Waals surface area contributed by atoms with Crippen LogP contribution in [0.2, 0.25) is 0 Å². The Morgan fingerprint density at radius 1 is 1.42 bits per heavy atom. The molecule has 0 aromatic carbocycles. The summed E-state index contributed by atoms with van der Waals surface area (Å²) in [6, 6.07) is 3.52.